The largest absolute Gasteiger partial charge is 0.289 e. The molecule has 1 aliphatic heterocycles. The molecule has 0 radical (unpaired) electrons. The van der Waals surface area contributed by atoms with Crippen LogP contribution in [0.2, 0.25) is 0 Å². The third kappa shape index (κ3) is 2.83. The van der Waals surface area contributed by atoms with Crippen molar-refractivity contribution in [2.45, 2.75) is 32.7 Å². The number of aryl methyl sites for hydroxylation is 1. The maximum atomic E-state index is 11.0. The van der Waals surface area contributed by atoms with Crippen molar-refractivity contribution >= 4 is 5.91 Å². The molecular formula is C13H18N2O. The zero-order chi connectivity index (χ0) is 11.4. The number of hydrazine groups is 1. The Kier molecular flexibility index (Phi) is 3.57. The Balaban J connectivity index is 1.92. The van der Waals surface area contributed by atoms with Crippen molar-refractivity contribution in [3.8, 4) is 0 Å². The number of nitrogens with zero attached hydrogens (tertiary/aromatic N) is 1. The maximum absolute atomic E-state index is 11.0. The molecule has 1 aliphatic rings. The van der Waals surface area contributed by atoms with Gasteiger partial charge in [0.25, 0.3) is 0 Å². The van der Waals surface area contributed by atoms with Crippen molar-refractivity contribution in [3.63, 3.8) is 0 Å². The molecular weight excluding hydrogens is 200 g/mol. The quantitative estimate of drug-likeness (QED) is 0.836. The Morgan fingerprint density at radius 3 is 2.50 bits per heavy atom. The van der Waals surface area contributed by atoms with Gasteiger partial charge >= 0.3 is 0 Å². The summed E-state index contributed by atoms with van der Waals surface area (Å²) >= 11 is 0. The highest BCUT2D eigenvalue weighted by Gasteiger charge is 2.17. The number of hydrogen-bond donors (Lipinski definition) is 1. The number of amides is 1. The van der Waals surface area contributed by atoms with E-state index in [1.807, 2.05) is 5.01 Å². The molecule has 0 aliphatic carbocycles. The monoisotopic (exact) mass is 218 g/mol. The highest BCUT2D eigenvalue weighted by atomic mass is 16.2. The van der Waals surface area contributed by atoms with Crippen LogP contribution in [0.25, 0.3) is 0 Å². The third-order valence-electron chi connectivity index (χ3n) is 2.83. The van der Waals surface area contributed by atoms with Crippen molar-refractivity contribution in [1.82, 2.24) is 10.4 Å². The fourth-order valence-electron chi connectivity index (χ4n) is 1.96. The van der Waals surface area contributed by atoms with Crippen molar-refractivity contribution in [2.24, 2.45) is 0 Å². The van der Waals surface area contributed by atoms with Crippen LogP contribution in [0.4, 0.5) is 0 Å². The topological polar surface area (TPSA) is 32.3 Å². The predicted octanol–water partition coefficient (Wildman–Crippen LogP) is 1.88. The summed E-state index contributed by atoms with van der Waals surface area (Å²) in [5, 5.41) is 1.97. The van der Waals surface area contributed by atoms with E-state index in [9.17, 15) is 4.79 Å². The average Bonchev–Trinajstić information content (AvgIpc) is 2.67. The lowest BCUT2D eigenvalue weighted by Gasteiger charge is -2.14. The van der Waals surface area contributed by atoms with Crippen molar-refractivity contribution in [3.05, 3.63) is 35.4 Å². The van der Waals surface area contributed by atoms with E-state index in [4.69, 9.17) is 0 Å². The molecule has 16 heavy (non-hydrogen) atoms. The number of benzene rings is 1. The van der Waals surface area contributed by atoms with E-state index in [2.05, 4.69) is 36.6 Å². The molecule has 0 atom stereocenters. The van der Waals surface area contributed by atoms with E-state index < -0.39 is 0 Å². The first-order chi connectivity index (χ1) is 7.78. The van der Waals surface area contributed by atoms with Gasteiger partial charge in [-0.2, -0.15) is 0 Å². The molecule has 1 saturated heterocycles. The highest BCUT2D eigenvalue weighted by molar-refractivity contribution is 5.77. The van der Waals surface area contributed by atoms with Gasteiger partial charge in [0.15, 0.2) is 0 Å². The Bertz CT molecular complexity index is 359. The molecule has 1 aromatic rings. The van der Waals surface area contributed by atoms with Gasteiger partial charge in [0.05, 0.1) is 0 Å². The second kappa shape index (κ2) is 5.12. The fraction of sp³-hybridized carbons (Fsp3) is 0.462. The van der Waals surface area contributed by atoms with Crippen LogP contribution in [-0.2, 0) is 17.8 Å². The van der Waals surface area contributed by atoms with Crippen LogP contribution < -0.4 is 5.43 Å². The van der Waals surface area contributed by atoms with Gasteiger partial charge in [0, 0.05) is 19.5 Å². The summed E-state index contributed by atoms with van der Waals surface area (Å²) < 4.78 is 0. The molecule has 0 bridgehead atoms. The SMILES string of the molecule is CCCc1ccc(CN2CCC(=O)N2)cc1. The second-order valence-corrected chi connectivity index (χ2v) is 4.27. The molecule has 2 rings (SSSR count). The first-order valence-electron chi connectivity index (χ1n) is 5.90. The van der Waals surface area contributed by atoms with Crippen LogP contribution >= 0.6 is 0 Å². The zero-order valence-corrected chi connectivity index (χ0v) is 9.70. The Morgan fingerprint density at radius 1 is 1.25 bits per heavy atom. The number of hydrogen-bond acceptors (Lipinski definition) is 2. The lowest BCUT2D eigenvalue weighted by Crippen LogP contribution is -2.32. The fourth-order valence-corrected chi connectivity index (χ4v) is 1.96. The van der Waals surface area contributed by atoms with E-state index in [0.717, 1.165) is 19.5 Å². The molecule has 3 nitrogen and oxygen atoms in total. The summed E-state index contributed by atoms with van der Waals surface area (Å²) in [5.41, 5.74) is 5.47. The molecule has 0 unspecified atom stereocenters. The molecule has 1 heterocycles. The normalized spacial score (nSPS) is 16.4. The zero-order valence-electron chi connectivity index (χ0n) is 9.70. The molecule has 1 amide bonds. The molecule has 1 aromatic carbocycles. The predicted molar refractivity (Wildman–Crippen MR) is 63.6 cm³/mol. The first kappa shape index (κ1) is 11.1. The first-order valence-corrected chi connectivity index (χ1v) is 5.90. The Labute approximate surface area is 96.4 Å². The van der Waals surface area contributed by atoms with Gasteiger partial charge in [-0.1, -0.05) is 37.6 Å². The number of rotatable bonds is 4. The van der Waals surface area contributed by atoms with Crippen LogP contribution in [0.5, 0.6) is 0 Å². The van der Waals surface area contributed by atoms with Gasteiger partial charge < -0.3 is 0 Å². The number of carbonyl (C=O) groups is 1. The lowest BCUT2D eigenvalue weighted by molar-refractivity contribution is -0.121. The maximum Gasteiger partial charge on any atom is 0.235 e. The standard InChI is InChI=1S/C13H18N2O/c1-2-3-11-4-6-12(7-5-11)10-15-9-8-13(16)14-15/h4-7H,2-3,8-10H2,1H3,(H,14,16). The number of carbonyl (C=O) groups excluding carboxylic acids is 1. The van der Waals surface area contributed by atoms with Crippen molar-refractivity contribution in [2.75, 3.05) is 6.54 Å². The Morgan fingerprint density at radius 2 is 1.94 bits per heavy atom. The molecule has 1 fully saturated rings. The summed E-state index contributed by atoms with van der Waals surface area (Å²) in [7, 11) is 0. The van der Waals surface area contributed by atoms with E-state index in [1.54, 1.807) is 0 Å². The van der Waals surface area contributed by atoms with Crippen LogP contribution in [0, 0.1) is 0 Å². The van der Waals surface area contributed by atoms with Gasteiger partial charge in [0.2, 0.25) is 5.91 Å². The molecule has 86 valence electrons. The lowest BCUT2D eigenvalue weighted by atomic mass is 10.1. The Hall–Kier alpha value is -1.35. The van der Waals surface area contributed by atoms with Gasteiger partial charge in [-0.05, 0) is 17.5 Å². The summed E-state index contributed by atoms with van der Waals surface area (Å²) in [4.78, 5) is 11.0. The smallest absolute Gasteiger partial charge is 0.235 e. The van der Waals surface area contributed by atoms with Crippen LogP contribution in [-0.4, -0.2) is 17.5 Å². The highest BCUT2D eigenvalue weighted by Crippen LogP contribution is 2.10. The van der Waals surface area contributed by atoms with E-state index in [1.165, 1.54) is 17.5 Å². The molecule has 3 heteroatoms. The van der Waals surface area contributed by atoms with E-state index in [-0.39, 0.29) is 5.91 Å². The van der Waals surface area contributed by atoms with Gasteiger partial charge in [-0.3, -0.25) is 10.2 Å². The number of nitrogens with one attached hydrogen (secondary N) is 1. The van der Waals surface area contributed by atoms with Crippen molar-refractivity contribution in [1.29, 1.82) is 0 Å². The van der Waals surface area contributed by atoms with Gasteiger partial charge in [-0.15, -0.1) is 0 Å². The van der Waals surface area contributed by atoms with Crippen molar-refractivity contribution < 1.29 is 4.79 Å². The summed E-state index contributed by atoms with van der Waals surface area (Å²) in [6.07, 6.45) is 2.94. The molecule has 1 N–H and O–H groups in total. The van der Waals surface area contributed by atoms with Gasteiger partial charge in [-0.25, -0.2) is 5.01 Å². The average molecular weight is 218 g/mol. The second-order valence-electron chi connectivity index (χ2n) is 4.27. The minimum Gasteiger partial charge on any atom is -0.289 e. The van der Waals surface area contributed by atoms with E-state index >= 15 is 0 Å². The van der Waals surface area contributed by atoms with E-state index in [0.29, 0.717) is 6.42 Å². The van der Waals surface area contributed by atoms with Crippen LogP contribution in [0.3, 0.4) is 0 Å². The summed E-state index contributed by atoms with van der Waals surface area (Å²) in [5.74, 6) is 0.127. The van der Waals surface area contributed by atoms with Crippen LogP contribution in [0.1, 0.15) is 30.9 Å². The minimum absolute atomic E-state index is 0.127. The third-order valence-corrected chi connectivity index (χ3v) is 2.83. The molecule has 0 saturated carbocycles. The summed E-state index contributed by atoms with van der Waals surface area (Å²) in [6, 6.07) is 8.65. The minimum atomic E-state index is 0.127. The van der Waals surface area contributed by atoms with Gasteiger partial charge in [0.1, 0.15) is 0 Å². The van der Waals surface area contributed by atoms with Crippen LogP contribution in [0.15, 0.2) is 24.3 Å². The summed E-state index contributed by atoms with van der Waals surface area (Å²) in [6.45, 7) is 3.81. The molecule has 0 spiro atoms. The molecule has 0 aromatic heterocycles.